The van der Waals surface area contributed by atoms with E-state index in [4.69, 9.17) is 5.73 Å². The van der Waals surface area contributed by atoms with E-state index >= 15 is 0 Å². The average Bonchev–Trinajstić information content (AvgIpc) is 2.19. The highest BCUT2D eigenvalue weighted by atomic mass is 19.1. The Balaban J connectivity index is 2.08. The van der Waals surface area contributed by atoms with E-state index in [1.807, 2.05) is 6.07 Å². The second-order valence-electron chi connectivity index (χ2n) is 4.17. The quantitative estimate of drug-likeness (QED) is 0.729. The zero-order valence-corrected chi connectivity index (χ0v) is 8.25. The lowest BCUT2D eigenvalue weighted by Gasteiger charge is -2.26. The van der Waals surface area contributed by atoms with Crippen molar-refractivity contribution in [2.45, 2.75) is 37.6 Å². The topological polar surface area (TPSA) is 26.0 Å². The third-order valence-corrected chi connectivity index (χ3v) is 3.09. The summed E-state index contributed by atoms with van der Waals surface area (Å²) >= 11 is 0. The van der Waals surface area contributed by atoms with Gasteiger partial charge in [0.05, 0.1) is 0 Å². The van der Waals surface area contributed by atoms with E-state index in [2.05, 4.69) is 0 Å². The van der Waals surface area contributed by atoms with Gasteiger partial charge in [0, 0.05) is 6.04 Å². The van der Waals surface area contributed by atoms with Gasteiger partial charge in [0.25, 0.3) is 0 Å². The molecular weight excluding hydrogens is 177 g/mol. The highest BCUT2D eigenvalue weighted by molar-refractivity contribution is 5.21. The summed E-state index contributed by atoms with van der Waals surface area (Å²) in [5, 5.41) is 0. The first-order chi connectivity index (χ1) is 6.75. The lowest BCUT2D eigenvalue weighted by atomic mass is 9.82. The van der Waals surface area contributed by atoms with Gasteiger partial charge in [-0.2, -0.15) is 0 Å². The average molecular weight is 193 g/mol. The van der Waals surface area contributed by atoms with Crippen LogP contribution in [0.15, 0.2) is 24.3 Å². The molecule has 0 unspecified atom stereocenters. The fourth-order valence-corrected chi connectivity index (χ4v) is 2.21. The molecule has 14 heavy (non-hydrogen) atoms. The van der Waals surface area contributed by atoms with Crippen molar-refractivity contribution in [3.63, 3.8) is 0 Å². The van der Waals surface area contributed by atoms with E-state index in [0.717, 1.165) is 31.2 Å². The maximum absolute atomic E-state index is 13.0. The molecule has 2 heteroatoms. The summed E-state index contributed by atoms with van der Waals surface area (Å²) in [5.41, 5.74) is 6.97. The van der Waals surface area contributed by atoms with Crippen molar-refractivity contribution < 1.29 is 4.39 Å². The predicted molar refractivity (Wildman–Crippen MR) is 55.6 cm³/mol. The maximum atomic E-state index is 13.0. The predicted octanol–water partition coefficient (Wildman–Crippen LogP) is 2.81. The monoisotopic (exact) mass is 193 g/mol. The molecule has 1 aromatic carbocycles. The lowest BCUT2D eigenvalue weighted by molar-refractivity contribution is 0.394. The highest BCUT2D eigenvalue weighted by Crippen LogP contribution is 2.32. The molecule has 1 nitrogen and oxygen atoms in total. The molecule has 1 saturated carbocycles. The van der Waals surface area contributed by atoms with Crippen molar-refractivity contribution in [2.24, 2.45) is 5.73 Å². The van der Waals surface area contributed by atoms with Crippen LogP contribution in [0.25, 0.3) is 0 Å². The van der Waals surface area contributed by atoms with Crippen molar-refractivity contribution in [1.82, 2.24) is 0 Å². The molecule has 0 spiro atoms. The SMILES string of the molecule is NC1CCC(c2cccc(F)c2)CC1. The van der Waals surface area contributed by atoms with Gasteiger partial charge < -0.3 is 5.73 Å². The smallest absolute Gasteiger partial charge is 0.123 e. The Hall–Kier alpha value is -0.890. The molecule has 1 aromatic rings. The Morgan fingerprint density at radius 3 is 2.50 bits per heavy atom. The van der Waals surface area contributed by atoms with E-state index < -0.39 is 0 Å². The van der Waals surface area contributed by atoms with Crippen LogP contribution in [0.3, 0.4) is 0 Å². The lowest BCUT2D eigenvalue weighted by Crippen LogP contribution is -2.25. The number of nitrogens with two attached hydrogens (primary N) is 1. The van der Waals surface area contributed by atoms with Gasteiger partial charge in [0.2, 0.25) is 0 Å². The molecule has 0 radical (unpaired) electrons. The molecule has 2 rings (SSSR count). The minimum atomic E-state index is -0.127. The Kier molecular flexibility index (Phi) is 2.82. The van der Waals surface area contributed by atoms with Gasteiger partial charge in [0.15, 0.2) is 0 Å². The van der Waals surface area contributed by atoms with Crippen molar-refractivity contribution in [1.29, 1.82) is 0 Å². The second-order valence-corrected chi connectivity index (χ2v) is 4.17. The largest absolute Gasteiger partial charge is 0.328 e. The molecular formula is C12H16FN. The Labute approximate surface area is 84.1 Å². The zero-order valence-electron chi connectivity index (χ0n) is 8.25. The highest BCUT2D eigenvalue weighted by Gasteiger charge is 2.19. The summed E-state index contributed by atoms with van der Waals surface area (Å²) in [4.78, 5) is 0. The van der Waals surface area contributed by atoms with Gasteiger partial charge in [-0.25, -0.2) is 4.39 Å². The van der Waals surface area contributed by atoms with E-state index in [9.17, 15) is 4.39 Å². The van der Waals surface area contributed by atoms with Crippen LogP contribution in [0, 0.1) is 5.82 Å². The van der Waals surface area contributed by atoms with E-state index in [1.165, 1.54) is 6.07 Å². The number of benzene rings is 1. The van der Waals surface area contributed by atoms with Crippen molar-refractivity contribution in [2.75, 3.05) is 0 Å². The summed E-state index contributed by atoms with van der Waals surface area (Å²) in [6.45, 7) is 0. The number of halogens is 1. The zero-order chi connectivity index (χ0) is 9.97. The molecule has 0 atom stereocenters. The summed E-state index contributed by atoms with van der Waals surface area (Å²) < 4.78 is 13.0. The van der Waals surface area contributed by atoms with Gasteiger partial charge in [-0.05, 0) is 49.3 Å². The van der Waals surface area contributed by atoms with Gasteiger partial charge in [-0.15, -0.1) is 0 Å². The molecule has 0 aliphatic heterocycles. The number of rotatable bonds is 1. The molecule has 2 N–H and O–H groups in total. The summed E-state index contributed by atoms with van der Waals surface area (Å²) in [7, 11) is 0. The standard InChI is InChI=1S/C12H16FN/c13-11-3-1-2-10(8-11)9-4-6-12(14)7-5-9/h1-3,8-9,12H,4-7,14H2. The van der Waals surface area contributed by atoms with Crippen LogP contribution in [-0.4, -0.2) is 6.04 Å². The molecule has 1 aliphatic rings. The van der Waals surface area contributed by atoms with Gasteiger partial charge in [0.1, 0.15) is 5.82 Å². The molecule has 0 heterocycles. The van der Waals surface area contributed by atoms with Crippen LogP contribution in [0.1, 0.15) is 37.2 Å². The minimum Gasteiger partial charge on any atom is -0.328 e. The van der Waals surface area contributed by atoms with Crippen molar-refractivity contribution in [3.05, 3.63) is 35.6 Å². The normalized spacial score (nSPS) is 27.6. The van der Waals surface area contributed by atoms with Crippen LogP contribution in [-0.2, 0) is 0 Å². The van der Waals surface area contributed by atoms with Crippen molar-refractivity contribution >= 4 is 0 Å². The maximum Gasteiger partial charge on any atom is 0.123 e. The van der Waals surface area contributed by atoms with Crippen LogP contribution < -0.4 is 5.73 Å². The fourth-order valence-electron chi connectivity index (χ4n) is 2.21. The molecule has 1 aliphatic carbocycles. The van der Waals surface area contributed by atoms with Crippen molar-refractivity contribution in [3.8, 4) is 0 Å². The van der Waals surface area contributed by atoms with Crippen LogP contribution in [0.4, 0.5) is 4.39 Å². The number of hydrogen-bond acceptors (Lipinski definition) is 1. The molecule has 76 valence electrons. The molecule has 0 bridgehead atoms. The summed E-state index contributed by atoms with van der Waals surface area (Å²) in [5.74, 6) is 0.392. The first kappa shape index (κ1) is 9.66. The molecule has 0 aromatic heterocycles. The summed E-state index contributed by atoms with van der Waals surface area (Å²) in [6.07, 6.45) is 4.34. The minimum absolute atomic E-state index is 0.127. The van der Waals surface area contributed by atoms with Gasteiger partial charge in [-0.3, -0.25) is 0 Å². The first-order valence-electron chi connectivity index (χ1n) is 5.27. The third kappa shape index (κ3) is 2.13. The molecule has 0 saturated heterocycles. The molecule has 0 amide bonds. The fraction of sp³-hybridized carbons (Fsp3) is 0.500. The number of hydrogen-bond donors (Lipinski definition) is 1. The van der Waals surface area contributed by atoms with E-state index in [0.29, 0.717) is 12.0 Å². The Bertz CT molecular complexity index is 303. The van der Waals surface area contributed by atoms with E-state index in [-0.39, 0.29) is 5.82 Å². The second kappa shape index (κ2) is 4.09. The Morgan fingerprint density at radius 1 is 1.14 bits per heavy atom. The van der Waals surface area contributed by atoms with Gasteiger partial charge in [-0.1, -0.05) is 12.1 Å². The molecule has 1 fully saturated rings. The van der Waals surface area contributed by atoms with Crippen LogP contribution in [0.5, 0.6) is 0 Å². The first-order valence-corrected chi connectivity index (χ1v) is 5.27. The Morgan fingerprint density at radius 2 is 1.86 bits per heavy atom. The van der Waals surface area contributed by atoms with Crippen LogP contribution >= 0.6 is 0 Å². The summed E-state index contributed by atoms with van der Waals surface area (Å²) in [6, 6.07) is 7.32. The van der Waals surface area contributed by atoms with Crippen LogP contribution in [0.2, 0.25) is 0 Å². The third-order valence-electron chi connectivity index (χ3n) is 3.09. The van der Waals surface area contributed by atoms with Gasteiger partial charge >= 0.3 is 0 Å². The van der Waals surface area contributed by atoms with E-state index in [1.54, 1.807) is 12.1 Å².